The van der Waals surface area contributed by atoms with Gasteiger partial charge in [-0.15, -0.1) is 10.2 Å². The number of aromatic nitrogens is 4. The predicted molar refractivity (Wildman–Crippen MR) is 119 cm³/mol. The third-order valence-corrected chi connectivity index (χ3v) is 9.01. The summed E-state index contributed by atoms with van der Waals surface area (Å²) in [6.45, 7) is 3.49. The quantitative estimate of drug-likeness (QED) is 0.729. The number of carbonyl (C=O) groups is 1. The van der Waals surface area contributed by atoms with Gasteiger partial charge in [0.1, 0.15) is 17.5 Å². The van der Waals surface area contributed by atoms with Crippen LogP contribution in [0.3, 0.4) is 0 Å². The van der Waals surface area contributed by atoms with E-state index in [0.717, 1.165) is 75.6 Å². The molecule has 7 rings (SSSR count). The molecule has 2 aromatic rings. The maximum absolute atomic E-state index is 13.2. The van der Waals surface area contributed by atoms with Gasteiger partial charge in [0, 0.05) is 48.8 Å². The van der Waals surface area contributed by atoms with Crippen molar-refractivity contribution in [2.45, 2.75) is 56.8 Å². The molecule has 3 aliphatic carbocycles. The average molecular weight is 471 g/mol. The number of rotatable bonds is 4. The maximum atomic E-state index is 13.2. The first-order chi connectivity index (χ1) is 15.9. The van der Waals surface area contributed by atoms with Crippen LogP contribution in [0.2, 0.25) is 5.02 Å². The van der Waals surface area contributed by atoms with E-state index in [9.17, 15) is 9.18 Å². The number of nitrogens with one attached hydrogen (secondary N) is 1. The van der Waals surface area contributed by atoms with E-state index in [2.05, 4.69) is 20.2 Å². The molecular weight excluding hydrogens is 443 g/mol. The van der Waals surface area contributed by atoms with Gasteiger partial charge in [-0.3, -0.25) is 4.98 Å². The smallest absolute Gasteiger partial charge is 0.320 e. The van der Waals surface area contributed by atoms with Crippen molar-refractivity contribution in [3.05, 3.63) is 40.4 Å². The Kier molecular flexibility index (Phi) is 4.22. The first-order valence-corrected chi connectivity index (χ1v) is 12.5. The zero-order valence-corrected chi connectivity index (χ0v) is 19.3. The summed E-state index contributed by atoms with van der Waals surface area (Å²) >= 11 is 6.13. The van der Waals surface area contributed by atoms with Crippen molar-refractivity contribution in [2.24, 2.45) is 16.7 Å². The standard InChI is InChI=1S/C24H28ClFN6O/c25-18-4-17(26)9-27-19(18)3-14-5-23(6-14)10-31(11-23)22(33)32-12-24(13-32)7-16(8-24)21-28-20(29-30-21)15-1-2-15/h4,9,14-16H,1-3,5-8,10-13H2,(H,28,29,30). The minimum absolute atomic E-state index is 0.206. The van der Waals surface area contributed by atoms with Crippen molar-refractivity contribution in [3.8, 4) is 0 Å². The number of urea groups is 1. The zero-order valence-electron chi connectivity index (χ0n) is 18.6. The molecule has 2 amide bonds. The van der Waals surface area contributed by atoms with E-state index in [0.29, 0.717) is 28.2 Å². The van der Waals surface area contributed by atoms with E-state index < -0.39 is 5.82 Å². The fourth-order valence-corrected chi connectivity index (χ4v) is 7.11. The number of pyridine rings is 1. The van der Waals surface area contributed by atoms with Crippen LogP contribution in [0.1, 0.15) is 67.7 Å². The number of carbonyl (C=O) groups excluding carboxylic acids is 1. The van der Waals surface area contributed by atoms with Crippen molar-refractivity contribution >= 4 is 17.6 Å². The van der Waals surface area contributed by atoms with Crippen molar-refractivity contribution in [1.29, 1.82) is 0 Å². The Morgan fingerprint density at radius 3 is 2.24 bits per heavy atom. The summed E-state index contributed by atoms with van der Waals surface area (Å²) in [5.41, 5.74) is 1.37. The molecule has 0 aromatic carbocycles. The van der Waals surface area contributed by atoms with Crippen LogP contribution in [-0.2, 0) is 6.42 Å². The molecule has 0 radical (unpaired) electrons. The second-order valence-corrected chi connectivity index (χ2v) is 11.9. The van der Waals surface area contributed by atoms with Gasteiger partial charge in [0.2, 0.25) is 0 Å². The minimum Gasteiger partial charge on any atom is -0.328 e. The van der Waals surface area contributed by atoms with Crippen LogP contribution >= 0.6 is 11.6 Å². The zero-order chi connectivity index (χ0) is 22.4. The number of nitrogens with zero attached hydrogens (tertiary/aromatic N) is 5. The van der Waals surface area contributed by atoms with Crippen LogP contribution in [0.4, 0.5) is 9.18 Å². The summed E-state index contributed by atoms with van der Waals surface area (Å²) in [6.07, 6.45) is 8.91. The molecule has 2 aromatic heterocycles. The first kappa shape index (κ1) is 20.2. The number of H-pyrrole nitrogens is 1. The van der Waals surface area contributed by atoms with Gasteiger partial charge in [-0.05, 0) is 56.9 Å². The van der Waals surface area contributed by atoms with Crippen molar-refractivity contribution in [2.75, 3.05) is 26.2 Å². The lowest BCUT2D eigenvalue weighted by Gasteiger charge is -2.63. The average Bonchev–Trinajstić information content (AvgIpc) is 3.40. The number of halogens is 2. The highest BCUT2D eigenvalue weighted by atomic mass is 35.5. The normalized spacial score (nSPS) is 25.5. The molecule has 33 heavy (non-hydrogen) atoms. The molecule has 4 heterocycles. The summed E-state index contributed by atoms with van der Waals surface area (Å²) in [6, 6.07) is 1.54. The Morgan fingerprint density at radius 1 is 1.03 bits per heavy atom. The lowest BCUT2D eigenvalue weighted by Crippen LogP contribution is -2.71. The highest BCUT2D eigenvalue weighted by Crippen LogP contribution is 2.57. The van der Waals surface area contributed by atoms with Gasteiger partial charge in [-0.25, -0.2) is 9.18 Å². The number of amides is 2. The number of aromatic amines is 1. The molecule has 7 nitrogen and oxygen atoms in total. The largest absolute Gasteiger partial charge is 0.328 e. The Bertz CT molecular complexity index is 1100. The number of hydrogen-bond donors (Lipinski definition) is 1. The van der Waals surface area contributed by atoms with Gasteiger partial charge in [-0.2, -0.15) is 0 Å². The number of likely N-dealkylation sites (tertiary alicyclic amines) is 2. The van der Waals surface area contributed by atoms with E-state index in [4.69, 9.17) is 11.6 Å². The molecule has 0 unspecified atom stereocenters. The summed E-state index contributed by atoms with van der Waals surface area (Å²) in [5, 5.41) is 9.11. The third kappa shape index (κ3) is 3.35. The molecule has 0 bridgehead atoms. The lowest BCUT2D eigenvalue weighted by molar-refractivity contribution is -0.100. The molecule has 5 aliphatic rings. The minimum atomic E-state index is -0.395. The second-order valence-electron chi connectivity index (χ2n) is 11.5. The molecule has 174 valence electrons. The molecule has 0 atom stereocenters. The van der Waals surface area contributed by atoms with E-state index in [1.165, 1.54) is 25.1 Å². The summed E-state index contributed by atoms with van der Waals surface area (Å²) in [4.78, 5) is 24.5. The SMILES string of the molecule is O=C(N1CC2(CC(Cc3ncc(F)cc3Cl)C2)C1)N1CC2(CC(c3nnc(C4CC4)[nH]3)C2)C1. The second kappa shape index (κ2) is 6.90. The predicted octanol–water partition coefficient (Wildman–Crippen LogP) is 4.12. The highest BCUT2D eigenvalue weighted by Gasteiger charge is 2.58. The maximum Gasteiger partial charge on any atom is 0.320 e. The monoisotopic (exact) mass is 470 g/mol. The third-order valence-electron chi connectivity index (χ3n) is 8.69. The van der Waals surface area contributed by atoms with Crippen LogP contribution in [0.15, 0.2) is 12.3 Å². The molecule has 9 heteroatoms. The number of hydrogen-bond acceptors (Lipinski definition) is 4. The first-order valence-electron chi connectivity index (χ1n) is 12.2. The Morgan fingerprint density at radius 2 is 1.64 bits per heavy atom. The molecule has 5 fully saturated rings. The molecule has 3 saturated carbocycles. The topological polar surface area (TPSA) is 78.0 Å². The van der Waals surface area contributed by atoms with Gasteiger partial charge in [0.05, 0.1) is 16.9 Å². The molecule has 2 aliphatic heterocycles. The van der Waals surface area contributed by atoms with Crippen molar-refractivity contribution in [3.63, 3.8) is 0 Å². The van der Waals surface area contributed by atoms with E-state index in [-0.39, 0.29) is 11.4 Å². The van der Waals surface area contributed by atoms with Crippen molar-refractivity contribution < 1.29 is 9.18 Å². The molecule has 2 saturated heterocycles. The van der Waals surface area contributed by atoms with Crippen LogP contribution in [-0.4, -0.2) is 62.2 Å². The van der Waals surface area contributed by atoms with Crippen LogP contribution in [0, 0.1) is 22.6 Å². The van der Waals surface area contributed by atoms with Gasteiger partial charge in [0.25, 0.3) is 0 Å². The van der Waals surface area contributed by atoms with Crippen LogP contribution in [0.5, 0.6) is 0 Å². The molecule has 2 spiro atoms. The summed E-state index contributed by atoms with van der Waals surface area (Å²) in [7, 11) is 0. The molecule has 1 N–H and O–H groups in total. The lowest BCUT2D eigenvalue weighted by atomic mass is 9.56. The van der Waals surface area contributed by atoms with Crippen molar-refractivity contribution in [1.82, 2.24) is 30.0 Å². The Hall–Kier alpha value is -2.22. The summed E-state index contributed by atoms with van der Waals surface area (Å²) in [5.74, 6) is 3.33. The molecular formula is C24H28ClFN6O. The Balaban J connectivity index is 0.856. The van der Waals surface area contributed by atoms with Gasteiger partial charge in [0.15, 0.2) is 0 Å². The van der Waals surface area contributed by atoms with Crippen LogP contribution in [0.25, 0.3) is 0 Å². The van der Waals surface area contributed by atoms with E-state index in [1.807, 2.05) is 9.80 Å². The van der Waals surface area contributed by atoms with E-state index in [1.54, 1.807) is 0 Å². The van der Waals surface area contributed by atoms with Gasteiger partial charge < -0.3 is 14.8 Å². The fraction of sp³-hybridized carbons (Fsp3) is 0.667. The van der Waals surface area contributed by atoms with Gasteiger partial charge >= 0.3 is 6.03 Å². The summed E-state index contributed by atoms with van der Waals surface area (Å²) < 4.78 is 13.2. The van der Waals surface area contributed by atoms with Crippen LogP contribution < -0.4 is 0 Å². The highest BCUT2D eigenvalue weighted by molar-refractivity contribution is 6.31. The van der Waals surface area contributed by atoms with E-state index >= 15 is 0 Å². The van der Waals surface area contributed by atoms with Gasteiger partial charge in [-0.1, -0.05) is 11.6 Å². The Labute approximate surface area is 197 Å². The fourth-order valence-electron chi connectivity index (χ4n) is 6.88.